The molecule has 2 N–H and O–H groups in total. The first-order valence-corrected chi connectivity index (χ1v) is 12.3. The molecule has 0 radical (unpaired) electrons. The molecule has 0 bridgehead atoms. The van der Waals surface area contributed by atoms with Gasteiger partial charge in [-0.05, 0) is 46.6 Å². The zero-order chi connectivity index (χ0) is 27.1. The van der Waals surface area contributed by atoms with E-state index in [-0.39, 0.29) is 36.7 Å². The molecule has 1 amide bonds. The van der Waals surface area contributed by atoms with Crippen molar-refractivity contribution in [3.63, 3.8) is 0 Å². The molecular weight excluding hydrogens is 491 g/mol. The molecule has 8 nitrogen and oxygen atoms in total. The Morgan fingerprint density at radius 2 is 1.95 bits per heavy atom. The van der Waals surface area contributed by atoms with Crippen molar-refractivity contribution < 1.29 is 37.3 Å². The number of alkyl halides is 1. The Bertz CT molecular complexity index is 1140. The molecule has 4 rings (SSSR count). The third kappa shape index (κ3) is 6.02. The highest BCUT2D eigenvalue weighted by molar-refractivity contribution is 6.15. The molecule has 0 aromatic heterocycles. The Labute approximate surface area is 213 Å². The van der Waals surface area contributed by atoms with Gasteiger partial charge in [0.1, 0.15) is 34.7 Å². The number of nitrogens with one attached hydrogen (secondary N) is 1. The standard InChI is InChI=1S/C26H32F3N3O5/c1-5-36-23(34)15(11-30-19-9-17(19)28)22(33)14-8-18(29)20(10-16(14)27)32-12-21(26(13-32)6-7-26)31-24(35)37-25(2,3)4/h8,10-11,17,19,21,33H,5-7,9,12-13H2,1-4H3,(H,31,35)/b22-15+,30-11?/t17-,19+,21+/m0/s1. The minimum atomic E-state index is -1.14. The number of ether oxygens (including phenoxy) is 2. The summed E-state index contributed by atoms with van der Waals surface area (Å²) in [7, 11) is 0. The summed E-state index contributed by atoms with van der Waals surface area (Å²) < 4.78 is 53.9. The molecule has 1 aromatic rings. The second kappa shape index (κ2) is 9.90. The number of carbonyl (C=O) groups is 2. The predicted octanol–water partition coefficient (Wildman–Crippen LogP) is 4.47. The molecule has 3 fully saturated rings. The van der Waals surface area contributed by atoms with Crippen LogP contribution >= 0.6 is 0 Å². The summed E-state index contributed by atoms with van der Waals surface area (Å²) in [6, 6.07) is 0.807. The maximum Gasteiger partial charge on any atom is 0.407 e. The summed E-state index contributed by atoms with van der Waals surface area (Å²) in [5.41, 5.74) is -1.98. The number of carbonyl (C=O) groups excluding carboxylic acids is 2. The van der Waals surface area contributed by atoms with Gasteiger partial charge in [-0.25, -0.2) is 22.8 Å². The van der Waals surface area contributed by atoms with Gasteiger partial charge in [-0.3, -0.25) is 4.99 Å². The highest BCUT2D eigenvalue weighted by atomic mass is 19.1. The lowest BCUT2D eigenvalue weighted by Crippen LogP contribution is -2.44. The van der Waals surface area contributed by atoms with Crippen LogP contribution in [0.4, 0.5) is 23.7 Å². The number of aliphatic hydroxyl groups excluding tert-OH is 1. The second-order valence-corrected chi connectivity index (χ2v) is 10.8. The lowest BCUT2D eigenvalue weighted by Gasteiger charge is -2.24. The van der Waals surface area contributed by atoms with Crippen LogP contribution in [0.3, 0.4) is 0 Å². The van der Waals surface area contributed by atoms with Crippen molar-refractivity contribution in [3.8, 4) is 0 Å². The minimum Gasteiger partial charge on any atom is -0.506 e. The minimum absolute atomic E-state index is 0.0242. The fourth-order valence-corrected chi connectivity index (χ4v) is 4.47. The van der Waals surface area contributed by atoms with Gasteiger partial charge in [0.15, 0.2) is 0 Å². The van der Waals surface area contributed by atoms with Crippen molar-refractivity contribution in [1.29, 1.82) is 0 Å². The number of anilines is 1. The van der Waals surface area contributed by atoms with Crippen LogP contribution in [0.5, 0.6) is 0 Å². The van der Waals surface area contributed by atoms with Crippen molar-refractivity contribution in [2.45, 2.75) is 70.8 Å². The van der Waals surface area contributed by atoms with Crippen molar-refractivity contribution in [1.82, 2.24) is 5.32 Å². The fraction of sp³-hybridized carbons (Fsp3) is 0.577. The molecule has 0 unspecified atom stereocenters. The van der Waals surface area contributed by atoms with E-state index in [2.05, 4.69) is 10.3 Å². The molecule has 2 aliphatic carbocycles. The fourth-order valence-electron chi connectivity index (χ4n) is 4.47. The topological polar surface area (TPSA) is 100 Å². The average Bonchev–Trinajstić information content (AvgIpc) is 3.68. The second-order valence-electron chi connectivity index (χ2n) is 10.8. The third-order valence-electron chi connectivity index (χ3n) is 6.69. The number of aliphatic imine (C=N–C) groups is 1. The van der Waals surface area contributed by atoms with Gasteiger partial charge in [-0.15, -0.1) is 0 Å². The first-order valence-electron chi connectivity index (χ1n) is 12.3. The Kier molecular flexibility index (Phi) is 7.18. The Hall–Kier alpha value is -3.24. The zero-order valence-corrected chi connectivity index (χ0v) is 21.3. The first kappa shape index (κ1) is 26.8. The number of halogens is 3. The normalized spacial score (nSPS) is 24.7. The van der Waals surface area contributed by atoms with E-state index in [0.717, 1.165) is 31.2 Å². The maximum absolute atomic E-state index is 15.3. The number of hydrogen-bond acceptors (Lipinski definition) is 7. The van der Waals surface area contributed by atoms with Gasteiger partial charge in [0.05, 0.1) is 29.9 Å². The van der Waals surface area contributed by atoms with Crippen LogP contribution in [0.25, 0.3) is 5.76 Å². The number of aliphatic hydroxyl groups is 1. The first-order chi connectivity index (χ1) is 17.3. The number of benzene rings is 1. The number of nitrogens with zero attached hydrogens (tertiary/aromatic N) is 2. The summed E-state index contributed by atoms with van der Waals surface area (Å²) in [6.45, 7) is 7.46. The van der Waals surface area contributed by atoms with E-state index in [9.17, 15) is 19.1 Å². The van der Waals surface area contributed by atoms with Crippen molar-refractivity contribution in [2.24, 2.45) is 10.4 Å². The molecule has 3 atom stereocenters. The number of alkyl carbamates (subject to hydrolysis) is 1. The van der Waals surface area contributed by atoms with Crippen LogP contribution in [0.15, 0.2) is 22.7 Å². The average molecular weight is 524 g/mol. The quantitative estimate of drug-likeness (QED) is 0.237. The smallest absolute Gasteiger partial charge is 0.407 e. The monoisotopic (exact) mass is 523 g/mol. The van der Waals surface area contributed by atoms with E-state index in [4.69, 9.17) is 9.47 Å². The zero-order valence-electron chi connectivity index (χ0n) is 21.3. The molecular formula is C26H32F3N3O5. The largest absolute Gasteiger partial charge is 0.506 e. The number of amides is 1. The Morgan fingerprint density at radius 3 is 2.51 bits per heavy atom. The van der Waals surface area contributed by atoms with Crippen LogP contribution in [0.1, 0.15) is 52.5 Å². The highest BCUT2D eigenvalue weighted by Gasteiger charge is 2.56. The Morgan fingerprint density at radius 1 is 1.27 bits per heavy atom. The lowest BCUT2D eigenvalue weighted by atomic mass is 10.0. The molecule has 1 aliphatic heterocycles. The summed E-state index contributed by atoms with van der Waals surface area (Å²) >= 11 is 0. The van der Waals surface area contributed by atoms with Crippen LogP contribution < -0.4 is 10.2 Å². The van der Waals surface area contributed by atoms with Crippen LogP contribution in [-0.4, -0.2) is 66.9 Å². The number of rotatable bonds is 7. The Balaban J connectivity index is 1.57. The molecule has 2 saturated carbocycles. The third-order valence-corrected chi connectivity index (χ3v) is 6.69. The van der Waals surface area contributed by atoms with Gasteiger partial charge in [0.2, 0.25) is 0 Å². The maximum atomic E-state index is 15.3. The predicted molar refractivity (Wildman–Crippen MR) is 131 cm³/mol. The summed E-state index contributed by atoms with van der Waals surface area (Å²) in [6.07, 6.45) is 1.08. The number of esters is 1. The van der Waals surface area contributed by atoms with E-state index < -0.39 is 58.4 Å². The van der Waals surface area contributed by atoms with Crippen molar-refractivity contribution in [3.05, 3.63) is 34.9 Å². The summed E-state index contributed by atoms with van der Waals surface area (Å²) in [4.78, 5) is 30.2. The number of hydrogen-bond donors (Lipinski definition) is 2. The summed E-state index contributed by atoms with van der Waals surface area (Å²) in [5, 5.41) is 13.5. The SMILES string of the molecule is CCOC(=O)/C(C=N[C@@H]1C[C@@H]1F)=C(/O)c1cc(F)c(N2C[C@@H](NC(=O)OC(C)(C)C)C3(CC3)C2)cc1F. The van der Waals surface area contributed by atoms with E-state index in [1.165, 1.54) is 0 Å². The van der Waals surface area contributed by atoms with Gasteiger partial charge in [-0.2, -0.15) is 0 Å². The highest BCUT2D eigenvalue weighted by Crippen LogP contribution is 2.54. The lowest BCUT2D eigenvalue weighted by molar-refractivity contribution is -0.137. The molecule has 1 heterocycles. The molecule has 1 saturated heterocycles. The van der Waals surface area contributed by atoms with Crippen molar-refractivity contribution >= 4 is 29.7 Å². The van der Waals surface area contributed by atoms with Gasteiger partial charge >= 0.3 is 12.1 Å². The van der Waals surface area contributed by atoms with Crippen LogP contribution in [0.2, 0.25) is 0 Å². The molecule has 3 aliphatic rings. The summed E-state index contributed by atoms with van der Waals surface area (Å²) in [5.74, 6) is -3.63. The van der Waals surface area contributed by atoms with E-state index in [0.29, 0.717) is 6.54 Å². The van der Waals surface area contributed by atoms with Crippen LogP contribution in [-0.2, 0) is 14.3 Å². The van der Waals surface area contributed by atoms with Crippen molar-refractivity contribution in [2.75, 3.05) is 24.6 Å². The van der Waals surface area contributed by atoms with Crippen LogP contribution in [0, 0.1) is 17.0 Å². The molecule has 1 spiro atoms. The van der Waals surface area contributed by atoms with E-state index >= 15 is 8.78 Å². The van der Waals surface area contributed by atoms with Gasteiger partial charge in [0.25, 0.3) is 0 Å². The van der Waals surface area contributed by atoms with Gasteiger partial charge in [-0.1, -0.05) is 0 Å². The molecule has 11 heteroatoms. The van der Waals surface area contributed by atoms with E-state index in [1.54, 1.807) is 32.6 Å². The van der Waals surface area contributed by atoms with Gasteiger partial charge in [0, 0.05) is 37.2 Å². The molecule has 202 valence electrons. The molecule has 1 aromatic carbocycles. The molecule has 37 heavy (non-hydrogen) atoms. The van der Waals surface area contributed by atoms with Gasteiger partial charge < -0.3 is 24.8 Å². The van der Waals surface area contributed by atoms with E-state index in [1.807, 2.05) is 0 Å².